The van der Waals surface area contributed by atoms with E-state index in [4.69, 9.17) is 5.73 Å². The number of nitrogens with zero attached hydrogens (tertiary/aromatic N) is 2. The first kappa shape index (κ1) is 13.3. The Balaban J connectivity index is 1.92. The minimum Gasteiger partial charge on any atom is -0.346 e. The minimum absolute atomic E-state index is 0.177. The second kappa shape index (κ2) is 6.18. The van der Waals surface area contributed by atoms with Gasteiger partial charge < -0.3 is 11.1 Å². The maximum Gasteiger partial charge on any atom is 0.272 e. The maximum absolute atomic E-state index is 11.8. The van der Waals surface area contributed by atoms with Gasteiger partial charge in [0.05, 0.1) is 13.1 Å². The summed E-state index contributed by atoms with van der Waals surface area (Å²) in [5, 5.41) is 8.81. The third-order valence-electron chi connectivity index (χ3n) is 2.36. The topological polar surface area (TPSA) is 72.9 Å². The van der Waals surface area contributed by atoms with Crippen LogP contribution in [0.1, 0.15) is 20.9 Å². The van der Waals surface area contributed by atoms with E-state index in [9.17, 15) is 4.79 Å². The quantitative estimate of drug-likeness (QED) is 0.810. The largest absolute Gasteiger partial charge is 0.346 e. The molecule has 1 amide bonds. The summed E-state index contributed by atoms with van der Waals surface area (Å²) in [6.45, 7) is 0.825. The number of hydrogen-bond donors (Lipinski definition) is 2. The number of nitrogens with one attached hydrogen (secondary N) is 1. The van der Waals surface area contributed by atoms with Crippen LogP contribution in [-0.4, -0.2) is 22.2 Å². The lowest BCUT2D eigenvalue weighted by Crippen LogP contribution is -2.22. The van der Waals surface area contributed by atoms with Gasteiger partial charge >= 0.3 is 0 Å². The summed E-state index contributed by atoms with van der Waals surface area (Å²) in [4.78, 5) is 12.8. The molecule has 3 N–H and O–H groups in total. The number of carbonyl (C=O) groups excluding carboxylic acids is 1. The molecule has 19 heavy (non-hydrogen) atoms. The molecular formula is C13H14N4OS. The number of aromatic nitrogens is 2. The van der Waals surface area contributed by atoms with Crippen molar-refractivity contribution in [1.82, 2.24) is 15.1 Å². The van der Waals surface area contributed by atoms with Gasteiger partial charge in [0.25, 0.3) is 5.91 Å². The fourth-order valence-corrected chi connectivity index (χ4v) is 2.24. The van der Waals surface area contributed by atoms with Gasteiger partial charge in [0, 0.05) is 29.1 Å². The van der Waals surface area contributed by atoms with Crippen molar-refractivity contribution in [2.24, 2.45) is 12.8 Å². The normalized spacial score (nSPS) is 9.79. The lowest BCUT2D eigenvalue weighted by molar-refractivity contribution is 0.0945. The van der Waals surface area contributed by atoms with Gasteiger partial charge in [0.1, 0.15) is 5.69 Å². The van der Waals surface area contributed by atoms with Crippen LogP contribution < -0.4 is 11.1 Å². The van der Waals surface area contributed by atoms with Crippen LogP contribution >= 0.6 is 11.3 Å². The Labute approximate surface area is 115 Å². The van der Waals surface area contributed by atoms with Crippen LogP contribution in [0.4, 0.5) is 0 Å². The molecule has 0 radical (unpaired) electrons. The predicted octanol–water partition coefficient (Wildman–Crippen LogP) is 0.722. The van der Waals surface area contributed by atoms with Gasteiger partial charge in [-0.15, -0.1) is 11.3 Å². The lowest BCUT2D eigenvalue weighted by atomic mass is 10.3. The van der Waals surface area contributed by atoms with Crippen molar-refractivity contribution >= 4 is 17.2 Å². The average Bonchev–Trinajstić information content (AvgIpc) is 3.02. The van der Waals surface area contributed by atoms with E-state index in [2.05, 4.69) is 22.3 Å². The highest BCUT2D eigenvalue weighted by Gasteiger charge is 2.08. The highest BCUT2D eigenvalue weighted by molar-refractivity contribution is 7.10. The molecule has 2 rings (SSSR count). The van der Waals surface area contributed by atoms with Crippen LogP contribution in [0.3, 0.4) is 0 Å². The van der Waals surface area contributed by atoms with Crippen LogP contribution in [0.2, 0.25) is 0 Å². The summed E-state index contributed by atoms with van der Waals surface area (Å²) in [5.41, 5.74) is 6.66. The molecule has 5 nitrogen and oxygen atoms in total. The molecule has 0 aliphatic rings. The molecule has 6 heteroatoms. The first-order chi connectivity index (χ1) is 9.19. The summed E-state index contributed by atoms with van der Waals surface area (Å²) < 4.78 is 1.60. The number of amides is 1. The Morgan fingerprint density at radius 3 is 3.16 bits per heavy atom. The smallest absolute Gasteiger partial charge is 0.272 e. The Hall–Kier alpha value is -2.10. The number of aryl methyl sites for hydroxylation is 1. The van der Waals surface area contributed by atoms with Gasteiger partial charge in [-0.1, -0.05) is 11.8 Å². The first-order valence-electron chi connectivity index (χ1n) is 5.73. The highest BCUT2D eigenvalue weighted by Crippen LogP contribution is 2.13. The summed E-state index contributed by atoms with van der Waals surface area (Å²) in [7, 11) is 1.78. The summed E-state index contributed by atoms with van der Waals surface area (Å²) >= 11 is 1.56. The zero-order chi connectivity index (χ0) is 13.7. The molecule has 0 aliphatic heterocycles. The molecule has 0 saturated heterocycles. The zero-order valence-electron chi connectivity index (χ0n) is 10.5. The van der Waals surface area contributed by atoms with E-state index in [0.717, 1.165) is 10.4 Å². The second-order valence-corrected chi connectivity index (χ2v) is 4.86. The van der Waals surface area contributed by atoms with Crippen molar-refractivity contribution in [3.8, 4) is 11.8 Å². The molecule has 98 valence electrons. The van der Waals surface area contributed by atoms with E-state index >= 15 is 0 Å². The molecule has 0 fully saturated rings. The van der Waals surface area contributed by atoms with Crippen LogP contribution in [0.5, 0.6) is 0 Å². The third kappa shape index (κ3) is 3.68. The summed E-state index contributed by atoms with van der Waals surface area (Å²) in [6, 6.07) is 3.63. The molecule has 0 unspecified atom stereocenters. The predicted molar refractivity (Wildman–Crippen MR) is 74.6 cm³/mol. The van der Waals surface area contributed by atoms with Crippen LogP contribution in [0.15, 0.2) is 23.7 Å². The van der Waals surface area contributed by atoms with Crippen molar-refractivity contribution < 1.29 is 4.79 Å². The molecule has 0 aliphatic carbocycles. The summed E-state index contributed by atoms with van der Waals surface area (Å²) in [5.74, 6) is 5.57. The van der Waals surface area contributed by atoms with Crippen molar-refractivity contribution in [3.63, 3.8) is 0 Å². The van der Waals surface area contributed by atoms with Gasteiger partial charge in [-0.2, -0.15) is 5.10 Å². The minimum atomic E-state index is -0.177. The van der Waals surface area contributed by atoms with Crippen LogP contribution in [-0.2, 0) is 13.6 Å². The second-order valence-electron chi connectivity index (χ2n) is 3.86. The van der Waals surface area contributed by atoms with E-state index in [-0.39, 0.29) is 5.91 Å². The van der Waals surface area contributed by atoms with Gasteiger partial charge in [-0.3, -0.25) is 9.48 Å². The van der Waals surface area contributed by atoms with Gasteiger partial charge in [0.2, 0.25) is 0 Å². The molecule has 0 bridgehead atoms. The van der Waals surface area contributed by atoms with Crippen molar-refractivity contribution in [2.75, 3.05) is 6.54 Å². The zero-order valence-corrected chi connectivity index (χ0v) is 11.3. The monoisotopic (exact) mass is 274 g/mol. The fraction of sp³-hybridized carbons (Fsp3) is 0.231. The van der Waals surface area contributed by atoms with E-state index in [1.165, 1.54) is 0 Å². The Bertz CT molecular complexity index is 632. The van der Waals surface area contributed by atoms with Crippen molar-refractivity contribution in [3.05, 3.63) is 39.8 Å². The Morgan fingerprint density at radius 2 is 2.47 bits per heavy atom. The van der Waals surface area contributed by atoms with E-state index in [1.807, 2.05) is 11.4 Å². The van der Waals surface area contributed by atoms with E-state index in [1.54, 1.807) is 35.3 Å². The molecule has 2 aromatic heterocycles. The standard InChI is InChI=1S/C13H14N4OS/c1-17-6-4-12(16-17)13(18)15-8-11-7-10(9-19-11)3-2-5-14/h4,6-7,9H,5,8,14H2,1H3,(H,15,18). The molecule has 0 atom stereocenters. The van der Waals surface area contributed by atoms with Crippen LogP contribution in [0.25, 0.3) is 0 Å². The Kier molecular flexibility index (Phi) is 4.34. The van der Waals surface area contributed by atoms with Crippen molar-refractivity contribution in [1.29, 1.82) is 0 Å². The third-order valence-corrected chi connectivity index (χ3v) is 3.29. The number of nitrogens with two attached hydrogens (primary N) is 1. The number of rotatable bonds is 3. The van der Waals surface area contributed by atoms with Gasteiger partial charge in [0.15, 0.2) is 0 Å². The van der Waals surface area contributed by atoms with Gasteiger partial charge in [-0.05, 0) is 12.1 Å². The molecule has 2 aromatic rings. The van der Waals surface area contributed by atoms with Crippen LogP contribution in [0, 0.1) is 11.8 Å². The average molecular weight is 274 g/mol. The highest BCUT2D eigenvalue weighted by atomic mass is 32.1. The number of carbonyl (C=O) groups is 1. The Morgan fingerprint density at radius 1 is 1.63 bits per heavy atom. The molecule has 0 saturated carbocycles. The molecule has 0 spiro atoms. The van der Waals surface area contributed by atoms with Crippen molar-refractivity contribution in [2.45, 2.75) is 6.54 Å². The number of hydrogen-bond acceptors (Lipinski definition) is 4. The van der Waals surface area contributed by atoms with E-state index in [0.29, 0.717) is 18.8 Å². The molecule has 2 heterocycles. The molecular weight excluding hydrogens is 260 g/mol. The molecule has 0 aromatic carbocycles. The van der Waals surface area contributed by atoms with E-state index < -0.39 is 0 Å². The van der Waals surface area contributed by atoms with Gasteiger partial charge in [-0.25, -0.2) is 0 Å². The summed E-state index contributed by atoms with van der Waals surface area (Å²) in [6.07, 6.45) is 1.74. The lowest BCUT2D eigenvalue weighted by Gasteiger charge is -2.00. The fourth-order valence-electron chi connectivity index (χ4n) is 1.49. The maximum atomic E-state index is 11.8. The number of thiophene rings is 1. The SMILES string of the molecule is Cn1ccc(C(=O)NCc2cc(C#CCN)cs2)n1. The first-order valence-corrected chi connectivity index (χ1v) is 6.61.